The third kappa shape index (κ3) is 3.35. The van der Waals surface area contributed by atoms with Gasteiger partial charge in [-0.1, -0.05) is 31.2 Å². The fourth-order valence-electron chi connectivity index (χ4n) is 3.23. The van der Waals surface area contributed by atoms with Crippen LogP contribution in [0.1, 0.15) is 43.4 Å². The number of hydrogen-bond donors (Lipinski definition) is 1. The second-order valence-corrected chi connectivity index (χ2v) is 5.37. The van der Waals surface area contributed by atoms with Crippen LogP contribution in [-0.2, 0) is 11.3 Å². The molecule has 3 nitrogen and oxygen atoms in total. The molecule has 106 valence electrons. The first-order valence-electron chi connectivity index (χ1n) is 7.33. The molecule has 0 aliphatic carbocycles. The Morgan fingerprint density at radius 1 is 1.47 bits per heavy atom. The fourth-order valence-corrected chi connectivity index (χ4v) is 3.23. The van der Waals surface area contributed by atoms with E-state index in [1.54, 1.807) is 7.11 Å². The smallest absolute Gasteiger partial charge is 0.0713 e. The van der Waals surface area contributed by atoms with Crippen LogP contribution in [0.2, 0.25) is 0 Å². The molecule has 19 heavy (non-hydrogen) atoms. The molecule has 1 fully saturated rings. The highest BCUT2D eigenvalue weighted by Crippen LogP contribution is 2.30. The lowest BCUT2D eigenvalue weighted by Crippen LogP contribution is -2.37. The summed E-state index contributed by atoms with van der Waals surface area (Å²) in [5.74, 6) is 0. The van der Waals surface area contributed by atoms with E-state index < -0.39 is 0 Å². The zero-order chi connectivity index (χ0) is 13.7. The standard InChI is InChI=1S/C16H26N2O/c1-3-15-8-5-9-18(15)16(11-17)14-7-4-6-13(10-14)12-19-2/h4,6-7,10,15-16H,3,5,8-9,11-12,17H2,1-2H3. The monoisotopic (exact) mass is 262 g/mol. The molecule has 0 amide bonds. The van der Waals surface area contributed by atoms with E-state index in [0.29, 0.717) is 25.2 Å². The first-order chi connectivity index (χ1) is 9.30. The molecule has 1 aromatic carbocycles. The van der Waals surface area contributed by atoms with Crippen molar-refractivity contribution in [3.05, 3.63) is 35.4 Å². The van der Waals surface area contributed by atoms with Gasteiger partial charge in [0.25, 0.3) is 0 Å². The molecular formula is C16H26N2O. The molecule has 1 aromatic rings. The maximum Gasteiger partial charge on any atom is 0.0713 e. The van der Waals surface area contributed by atoms with E-state index in [9.17, 15) is 0 Å². The van der Waals surface area contributed by atoms with Crippen LogP contribution in [-0.4, -0.2) is 31.1 Å². The van der Waals surface area contributed by atoms with E-state index in [1.807, 2.05) is 0 Å². The van der Waals surface area contributed by atoms with Gasteiger partial charge in [-0.15, -0.1) is 0 Å². The van der Waals surface area contributed by atoms with Crippen LogP contribution in [0, 0.1) is 0 Å². The van der Waals surface area contributed by atoms with E-state index in [2.05, 4.69) is 36.1 Å². The molecule has 0 bridgehead atoms. The third-order valence-corrected chi connectivity index (χ3v) is 4.16. The van der Waals surface area contributed by atoms with Gasteiger partial charge in [0.15, 0.2) is 0 Å². The second-order valence-electron chi connectivity index (χ2n) is 5.37. The summed E-state index contributed by atoms with van der Waals surface area (Å²) in [5.41, 5.74) is 8.61. The van der Waals surface area contributed by atoms with E-state index >= 15 is 0 Å². The minimum atomic E-state index is 0.351. The summed E-state index contributed by atoms with van der Waals surface area (Å²) >= 11 is 0. The number of hydrogen-bond acceptors (Lipinski definition) is 3. The zero-order valence-corrected chi connectivity index (χ0v) is 12.1. The van der Waals surface area contributed by atoms with Gasteiger partial charge in [-0.25, -0.2) is 0 Å². The van der Waals surface area contributed by atoms with Crippen molar-refractivity contribution in [1.29, 1.82) is 0 Å². The van der Waals surface area contributed by atoms with Crippen molar-refractivity contribution in [3.63, 3.8) is 0 Å². The largest absolute Gasteiger partial charge is 0.380 e. The lowest BCUT2D eigenvalue weighted by atomic mass is 10.0. The summed E-state index contributed by atoms with van der Waals surface area (Å²) in [4.78, 5) is 2.59. The predicted octanol–water partition coefficient (Wildman–Crippen LogP) is 2.71. The predicted molar refractivity (Wildman–Crippen MR) is 79.0 cm³/mol. The molecular weight excluding hydrogens is 236 g/mol. The van der Waals surface area contributed by atoms with Crippen LogP contribution in [0.5, 0.6) is 0 Å². The van der Waals surface area contributed by atoms with Gasteiger partial charge in [0, 0.05) is 25.7 Å². The fraction of sp³-hybridized carbons (Fsp3) is 0.625. The Morgan fingerprint density at radius 3 is 3.00 bits per heavy atom. The lowest BCUT2D eigenvalue weighted by molar-refractivity contribution is 0.177. The topological polar surface area (TPSA) is 38.5 Å². The highest BCUT2D eigenvalue weighted by molar-refractivity contribution is 5.26. The summed E-state index contributed by atoms with van der Waals surface area (Å²) in [6.45, 7) is 4.81. The molecule has 0 aromatic heterocycles. The number of benzene rings is 1. The van der Waals surface area contributed by atoms with Crippen LogP contribution in [0.3, 0.4) is 0 Å². The van der Waals surface area contributed by atoms with Gasteiger partial charge >= 0.3 is 0 Å². The van der Waals surface area contributed by atoms with Gasteiger partial charge in [0.1, 0.15) is 0 Å². The van der Waals surface area contributed by atoms with Crippen molar-refractivity contribution in [1.82, 2.24) is 4.90 Å². The van der Waals surface area contributed by atoms with Gasteiger partial charge in [-0.3, -0.25) is 4.90 Å². The average Bonchev–Trinajstić information content (AvgIpc) is 2.89. The summed E-state index contributed by atoms with van der Waals surface area (Å²) in [6.07, 6.45) is 3.83. The number of ether oxygens (including phenoxy) is 1. The molecule has 3 heteroatoms. The lowest BCUT2D eigenvalue weighted by Gasteiger charge is -2.32. The number of rotatable bonds is 6. The first-order valence-corrected chi connectivity index (χ1v) is 7.33. The zero-order valence-electron chi connectivity index (χ0n) is 12.1. The Labute approximate surface area is 116 Å². The highest BCUT2D eigenvalue weighted by Gasteiger charge is 2.29. The molecule has 1 saturated heterocycles. The van der Waals surface area contributed by atoms with E-state index in [4.69, 9.17) is 10.5 Å². The van der Waals surface area contributed by atoms with E-state index in [1.165, 1.54) is 36.9 Å². The van der Waals surface area contributed by atoms with Gasteiger partial charge < -0.3 is 10.5 Å². The normalized spacial score (nSPS) is 21.7. The number of nitrogens with zero attached hydrogens (tertiary/aromatic N) is 1. The molecule has 0 radical (unpaired) electrons. The van der Waals surface area contributed by atoms with Crippen LogP contribution in [0.4, 0.5) is 0 Å². The molecule has 2 atom stereocenters. The highest BCUT2D eigenvalue weighted by atomic mass is 16.5. The Morgan fingerprint density at radius 2 is 2.32 bits per heavy atom. The van der Waals surface area contributed by atoms with Crippen LogP contribution >= 0.6 is 0 Å². The SMILES string of the molecule is CCC1CCCN1C(CN)c1cccc(COC)c1. The van der Waals surface area contributed by atoms with Crippen LogP contribution < -0.4 is 5.73 Å². The molecule has 1 aliphatic heterocycles. The van der Waals surface area contributed by atoms with Gasteiger partial charge in [-0.05, 0) is 36.9 Å². The van der Waals surface area contributed by atoms with Crippen molar-refractivity contribution in [2.45, 2.75) is 44.9 Å². The van der Waals surface area contributed by atoms with Crippen molar-refractivity contribution >= 4 is 0 Å². The van der Waals surface area contributed by atoms with E-state index in [-0.39, 0.29) is 0 Å². The summed E-state index contributed by atoms with van der Waals surface area (Å²) < 4.78 is 5.22. The van der Waals surface area contributed by atoms with Gasteiger partial charge in [0.05, 0.1) is 6.61 Å². The molecule has 0 spiro atoms. The van der Waals surface area contributed by atoms with Gasteiger partial charge in [0.2, 0.25) is 0 Å². The Bertz CT molecular complexity index is 394. The van der Waals surface area contributed by atoms with Crippen LogP contribution in [0.25, 0.3) is 0 Å². The quantitative estimate of drug-likeness (QED) is 0.856. The van der Waals surface area contributed by atoms with E-state index in [0.717, 1.165) is 0 Å². The van der Waals surface area contributed by atoms with Crippen molar-refractivity contribution in [3.8, 4) is 0 Å². The Balaban J connectivity index is 2.18. The molecule has 2 unspecified atom stereocenters. The van der Waals surface area contributed by atoms with Crippen LogP contribution in [0.15, 0.2) is 24.3 Å². The minimum Gasteiger partial charge on any atom is -0.380 e. The van der Waals surface area contributed by atoms with Crippen molar-refractivity contribution in [2.24, 2.45) is 5.73 Å². The second kappa shape index (κ2) is 7.04. The summed E-state index contributed by atoms with van der Waals surface area (Å²) in [6, 6.07) is 9.71. The molecule has 0 saturated carbocycles. The molecule has 2 N–H and O–H groups in total. The molecule has 1 aliphatic rings. The minimum absolute atomic E-state index is 0.351. The molecule has 1 heterocycles. The number of likely N-dealkylation sites (tertiary alicyclic amines) is 1. The Kier molecular flexibility index (Phi) is 5.37. The van der Waals surface area contributed by atoms with Crippen molar-refractivity contribution in [2.75, 3.05) is 20.2 Å². The summed E-state index contributed by atoms with van der Waals surface area (Å²) in [7, 11) is 1.74. The Hall–Kier alpha value is -0.900. The third-order valence-electron chi connectivity index (χ3n) is 4.16. The first kappa shape index (κ1) is 14.5. The molecule has 2 rings (SSSR count). The van der Waals surface area contributed by atoms with Gasteiger partial charge in [-0.2, -0.15) is 0 Å². The maximum absolute atomic E-state index is 6.05. The van der Waals surface area contributed by atoms with Crippen molar-refractivity contribution < 1.29 is 4.74 Å². The number of methoxy groups -OCH3 is 1. The maximum atomic E-state index is 6.05. The summed E-state index contributed by atoms with van der Waals surface area (Å²) in [5, 5.41) is 0. The number of nitrogens with two attached hydrogens (primary N) is 1. The average molecular weight is 262 g/mol.